The summed E-state index contributed by atoms with van der Waals surface area (Å²) in [5.41, 5.74) is 0. The zero-order chi connectivity index (χ0) is 24.5. The molecule has 0 aromatic heterocycles. The number of carbonyl (C=O) groups excluding carboxylic acids is 2. The van der Waals surface area contributed by atoms with Crippen LogP contribution in [0, 0.1) is 11.8 Å². The molecule has 2 aliphatic heterocycles. The van der Waals surface area contributed by atoms with Crippen LogP contribution in [-0.2, 0) is 24.1 Å². The molecule has 2 aliphatic carbocycles. The molecule has 2 heterocycles. The predicted molar refractivity (Wildman–Crippen MR) is 129 cm³/mol. The number of amides is 2. The number of carbonyl (C=O) groups is 2. The van der Waals surface area contributed by atoms with E-state index in [-0.39, 0.29) is 47.2 Å². The van der Waals surface area contributed by atoms with Crippen molar-refractivity contribution in [1.82, 2.24) is 9.80 Å². The summed E-state index contributed by atoms with van der Waals surface area (Å²) in [4.78, 5) is 29.7. The Morgan fingerprint density at radius 2 is 1.59 bits per heavy atom. The highest BCUT2D eigenvalue weighted by Crippen LogP contribution is 2.43. The Bertz CT molecular complexity index is 834. The molecular formula is C25H42N2O6S. The van der Waals surface area contributed by atoms with Gasteiger partial charge in [0.05, 0.1) is 30.5 Å². The van der Waals surface area contributed by atoms with Crippen molar-refractivity contribution in [2.45, 2.75) is 108 Å². The quantitative estimate of drug-likeness (QED) is 0.590. The van der Waals surface area contributed by atoms with E-state index in [4.69, 9.17) is 9.47 Å². The lowest BCUT2D eigenvalue weighted by Crippen LogP contribution is -2.67. The summed E-state index contributed by atoms with van der Waals surface area (Å²) in [6.45, 7) is 7.13. The Balaban J connectivity index is 1.46. The summed E-state index contributed by atoms with van der Waals surface area (Å²) in [5.74, 6) is 1.23. The van der Waals surface area contributed by atoms with E-state index >= 15 is 0 Å². The Kier molecular flexibility index (Phi) is 8.12. The maximum absolute atomic E-state index is 13.3. The van der Waals surface area contributed by atoms with Crippen molar-refractivity contribution in [2.24, 2.45) is 11.8 Å². The number of hydrogen-bond acceptors (Lipinski definition) is 6. The summed E-state index contributed by atoms with van der Waals surface area (Å²) in [7, 11) is -2.97. The highest BCUT2D eigenvalue weighted by molar-refractivity contribution is 7.92. The molecular weight excluding hydrogens is 456 g/mol. The fourth-order valence-electron chi connectivity index (χ4n) is 7.00. The van der Waals surface area contributed by atoms with Gasteiger partial charge in [0.15, 0.2) is 9.84 Å². The van der Waals surface area contributed by atoms with Crippen molar-refractivity contribution < 1.29 is 27.5 Å². The molecule has 4 fully saturated rings. The smallest absolute Gasteiger partial charge is 0.410 e. The van der Waals surface area contributed by atoms with Crippen LogP contribution in [0.25, 0.3) is 0 Å². The minimum atomic E-state index is -2.97. The van der Waals surface area contributed by atoms with Gasteiger partial charge in [0.25, 0.3) is 0 Å². The average Bonchev–Trinajstić information content (AvgIpc) is 2.83. The number of piperazine rings is 1. The molecule has 0 N–H and O–H groups in total. The first-order valence-corrected chi connectivity index (χ1v) is 15.0. The topological polar surface area (TPSA) is 93.2 Å². The number of sulfone groups is 1. The lowest BCUT2D eigenvalue weighted by molar-refractivity contribution is -0.143. The van der Waals surface area contributed by atoms with Crippen molar-refractivity contribution in [1.29, 1.82) is 0 Å². The minimum absolute atomic E-state index is 0.0246. The van der Waals surface area contributed by atoms with Crippen LogP contribution >= 0.6 is 0 Å². The van der Waals surface area contributed by atoms with Crippen LogP contribution in [-0.4, -0.2) is 85.2 Å². The van der Waals surface area contributed by atoms with Crippen molar-refractivity contribution in [2.75, 3.05) is 25.5 Å². The van der Waals surface area contributed by atoms with E-state index < -0.39 is 9.84 Å². The highest BCUT2D eigenvalue weighted by atomic mass is 32.2. The second kappa shape index (κ2) is 10.7. The molecule has 2 saturated carbocycles. The monoisotopic (exact) mass is 498 g/mol. The maximum Gasteiger partial charge on any atom is 0.410 e. The highest BCUT2D eigenvalue weighted by Gasteiger charge is 2.48. The van der Waals surface area contributed by atoms with Gasteiger partial charge in [0.2, 0.25) is 5.91 Å². The first-order chi connectivity index (χ1) is 16.2. The summed E-state index contributed by atoms with van der Waals surface area (Å²) in [6, 6.07) is -0.0490. The van der Waals surface area contributed by atoms with Crippen LogP contribution in [0.15, 0.2) is 0 Å². The normalized spacial score (nSPS) is 35.5. The third kappa shape index (κ3) is 5.40. The van der Waals surface area contributed by atoms with E-state index in [9.17, 15) is 18.0 Å². The summed E-state index contributed by atoms with van der Waals surface area (Å²) in [6.07, 6.45) is 7.24. The molecule has 194 valence electrons. The van der Waals surface area contributed by atoms with Crippen molar-refractivity contribution in [3.05, 3.63) is 0 Å². The second-order valence-electron chi connectivity index (χ2n) is 10.8. The fourth-order valence-corrected chi connectivity index (χ4v) is 8.46. The fraction of sp³-hybridized carbons (Fsp3) is 0.920. The molecule has 2 saturated heterocycles. The molecule has 4 atom stereocenters. The third-order valence-electron chi connectivity index (χ3n) is 8.84. The van der Waals surface area contributed by atoms with Gasteiger partial charge in [-0.3, -0.25) is 4.79 Å². The molecule has 3 unspecified atom stereocenters. The van der Waals surface area contributed by atoms with Crippen molar-refractivity contribution >= 4 is 21.8 Å². The molecule has 4 aliphatic rings. The van der Waals surface area contributed by atoms with Gasteiger partial charge >= 0.3 is 6.09 Å². The molecule has 0 aromatic rings. The summed E-state index contributed by atoms with van der Waals surface area (Å²) < 4.78 is 36.0. The molecule has 0 radical (unpaired) electrons. The predicted octanol–water partition coefficient (Wildman–Crippen LogP) is 3.39. The Morgan fingerprint density at radius 3 is 2.21 bits per heavy atom. The number of hydrogen-bond donors (Lipinski definition) is 0. The molecule has 2 amide bonds. The molecule has 0 spiro atoms. The van der Waals surface area contributed by atoms with E-state index in [1.54, 1.807) is 13.8 Å². The van der Waals surface area contributed by atoms with Crippen LogP contribution in [0.3, 0.4) is 0 Å². The molecule has 8 nitrogen and oxygen atoms in total. The largest absolute Gasteiger partial charge is 0.446 e. The van der Waals surface area contributed by atoms with Gasteiger partial charge in [0.1, 0.15) is 6.10 Å². The minimum Gasteiger partial charge on any atom is -0.446 e. The maximum atomic E-state index is 13.3. The van der Waals surface area contributed by atoms with Crippen LogP contribution in [0.5, 0.6) is 0 Å². The zero-order valence-corrected chi connectivity index (χ0v) is 21.8. The Morgan fingerprint density at radius 1 is 0.941 bits per heavy atom. The van der Waals surface area contributed by atoms with Gasteiger partial charge < -0.3 is 19.3 Å². The molecule has 9 heteroatoms. The van der Waals surface area contributed by atoms with Gasteiger partial charge in [0, 0.05) is 38.1 Å². The van der Waals surface area contributed by atoms with Crippen LogP contribution in [0.4, 0.5) is 4.79 Å². The molecule has 4 rings (SSSR count). The van der Waals surface area contributed by atoms with Crippen LogP contribution < -0.4 is 0 Å². The van der Waals surface area contributed by atoms with Gasteiger partial charge in [-0.1, -0.05) is 6.92 Å². The van der Waals surface area contributed by atoms with E-state index in [2.05, 4.69) is 0 Å². The van der Waals surface area contributed by atoms with E-state index in [1.165, 1.54) is 0 Å². The number of ether oxygens (including phenoxy) is 2. The van der Waals surface area contributed by atoms with Crippen molar-refractivity contribution in [3.63, 3.8) is 0 Å². The van der Waals surface area contributed by atoms with E-state index in [0.29, 0.717) is 31.6 Å². The summed E-state index contributed by atoms with van der Waals surface area (Å²) >= 11 is 0. The third-order valence-corrected chi connectivity index (χ3v) is 11.1. The SMILES string of the molecule is CCS(=O)(=O)C1CCC(C2CCC3C(C2)N(C(=O)OC2CCOCC2)C[C@H](C)N3C(C)=O)CC1. The zero-order valence-electron chi connectivity index (χ0n) is 21.0. The standard InChI is InChI=1S/C25H42N2O6S/c1-4-34(30,31)22-8-5-19(6-9-22)20-7-10-23-24(15-20)26(16-17(2)27(23)18(3)28)25(29)33-21-11-13-32-14-12-21/h17,19-24H,4-16H2,1-3H3/t17-,19?,20?,22?,23?,24?/m0/s1. The molecule has 0 aromatic carbocycles. The second-order valence-corrected chi connectivity index (χ2v) is 13.4. The summed E-state index contributed by atoms with van der Waals surface area (Å²) in [5, 5.41) is -0.195. The van der Waals surface area contributed by atoms with Crippen LogP contribution in [0.2, 0.25) is 0 Å². The van der Waals surface area contributed by atoms with Gasteiger partial charge in [-0.05, 0) is 63.7 Å². The van der Waals surface area contributed by atoms with E-state index in [0.717, 1.165) is 57.8 Å². The van der Waals surface area contributed by atoms with Gasteiger partial charge in [-0.2, -0.15) is 0 Å². The lowest BCUT2D eigenvalue weighted by atomic mass is 9.69. The average molecular weight is 499 g/mol. The van der Waals surface area contributed by atoms with Gasteiger partial charge in [-0.15, -0.1) is 0 Å². The first kappa shape index (κ1) is 25.7. The number of rotatable bonds is 4. The van der Waals surface area contributed by atoms with Crippen LogP contribution in [0.1, 0.15) is 78.6 Å². The Labute approximate surface area is 204 Å². The van der Waals surface area contributed by atoms with Gasteiger partial charge in [-0.25, -0.2) is 13.2 Å². The lowest BCUT2D eigenvalue weighted by Gasteiger charge is -2.54. The number of fused-ring (bicyclic) bond motifs is 1. The van der Waals surface area contributed by atoms with Crippen molar-refractivity contribution in [3.8, 4) is 0 Å². The molecule has 34 heavy (non-hydrogen) atoms. The molecule has 0 bridgehead atoms. The Hall–Kier alpha value is -1.35. The van der Waals surface area contributed by atoms with E-state index in [1.807, 2.05) is 16.7 Å². The first-order valence-electron chi connectivity index (χ1n) is 13.3. The number of nitrogens with zero attached hydrogens (tertiary/aromatic N) is 2.